The number of nitrogens with one attached hydrogen (secondary N) is 1. The number of ketones is 1. The number of benzene rings is 2. The van der Waals surface area contributed by atoms with E-state index in [9.17, 15) is 18.4 Å². The highest BCUT2D eigenvalue weighted by Gasteiger charge is 2.12. The van der Waals surface area contributed by atoms with Crippen molar-refractivity contribution in [2.24, 2.45) is 0 Å². The fraction of sp³-hybridized carbons (Fsp3) is 0.100. The number of carbonyl (C=O) groups excluding carboxylic acids is 2. The number of nitrogens with zero attached hydrogens (tertiary/aromatic N) is 1. The molecule has 0 spiro atoms. The minimum atomic E-state index is -0.568. The molecule has 0 saturated carbocycles. The molecule has 27 heavy (non-hydrogen) atoms. The summed E-state index contributed by atoms with van der Waals surface area (Å²) in [6.45, 7) is 1.35. The van der Waals surface area contributed by atoms with Crippen molar-refractivity contribution < 1.29 is 18.4 Å². The van der Waals surface area contributed by atoms with Crippen molar-refractivity contribution in [3.63, 3.8) is 0 Å². The zero-order valence-electron chi connectivity index (χ0n) is 14.4. The van der Waals surface area contributed by atoms with Crippen LogP contribution in [0, 0.1) is 11.6 Å². The molecule has 3 rings (SSSR count). The van der Waals surface area contributed by atoms with Crippen molar-refractivity contribution in [3.8, 4) is 5.69 Å². The zero-order chi connectivity index (χ0) is 19.4. The maximum atomic E-state index is 14.0. The molecule has 3 aromatic rings. The van der Waals surface area contributed by atoms with E-state index < -0.39 is 17.5 Å². The standard InChI is InChI=1S/C20H16F2N2O2S/c1-13(25)14-4-7-19(17(22)10-14)27-12-20(26)23-18-11-15(5-6-16(18)21)24-8-2-3-9-24/h2-11H,12H2,1H3,(H,23,26). The summed E-state index contributed by atoms with van der Waals surface area (Å²) >= 11 is 0.977. The summed E-state index contributed by atoms with van der Waals surface area (Å²) in [6, 6.07) is 12.2. The van der Waals surface area contributed by atoms with Crippen molar-refractivity contribution in [1.82, 2.24) is 4.57 Å². The van der Waals surface area contributed by atoms with Crippen LogP contribution in [0.15, 0.2) is 65.8 Å². The van der Waals surface area contributed by atoms with Gasteiger partial charge in [-0.1, -0.05) is 6.07 Å². The lowest BCUT2D eigenvalue weighted by molar-refractivity contribution is -0.113. The quantitative estimate of drug-likeness (QED) is 0.494. The van der Waals surface area contributed by atoms with Crippen LogP contribution in [0.25, 0.3) is 5.69 Å². The topological polar surface area (TPSA) is 51.1 Å². The molecule has 0 unspecified atom stereocenters. The summed E-state index contributed by atoms with van der Waals surface area (Å²) in [5.41, 5.74) is 1.03. The number of amides is 1. The molecule has 1 N–H and O–H groups in total. The Morgan fingerprint density at radius 3 is 2.44 bits per heavy atom. The van der Waals surface area contributed by atoms with Crippen LogP contribution in [0.2, 0.25) is 0 Å². The Balaban J connectivity index is 1.66. The third kappa shape index (κ3) is 4.62. The van der Waals surface area contributed by atoms with Crippen LogP contribution in [0.5, 0.6) is 0 Å². The van der Waals surface area contributed by atoms with E-state index in [-0.39, 0.29) is 27.7 Å². The average molecular weight is 386 g/mol. The molecule has 0 saturated heterocycles. The van der Waals surface area contributed by atoms with E-state index in [0.29, 0.717) is 5.69 Å². The third-order valence-corrected chi connectivity index (χ3v) is 4.87. The summed E-state index contributed by atoms with van der Waals surface area (Å²) < 4.78 is 29.8. The third-order valence-electron chi connectivity index (χ3n) is 3.82. The first-order valence-corrected chi connectivity index (χ1v) is 9.08. The molecule has 4 nitrogen and oxygen atoms in total. The van der Waals surface area contributed by atoms with Gasteiger partial charge in [0.15, 0.2) is 5.78 Å². The van der Waals surface area contributed by atoms with Gasteiger partial charge in [-0.2, -0.15) is 0 Å². The van der Waals surface area contributed by atoms with Gasteiger partial charge in [0.2, 0.25) is 5.91 Å². The van der Waals surface area contributed by atoms with Crippen LogP contribution >= 0.6 is 11.8 Å². The number of halogens is 2. The molecule has 0 radical (unpaired) electrons. The lowest BCUT2D eigenvalue weighted by Crippen LogP contribution is -2.15. The fourth-order valence-electron chi connectivity index (χ4n) is 2.44. The van der Waals surface area contributed by atoms with Crippen molar-refractivity contribution >= 4 is 29.1 Å². The Hall–Kier alpha value is -2.93. The first kappa shape index (κ1) is 18.8. The highest BCUT2D eigenvalue weighted by molar-refractivity contribution is 8.00. The molecule has 0 bridgehead atoms. The first-order valence-electron chi connectivity index (χ1n) is 8.10. The van der Waals surface area contributed by atoms with E-state index in [1.807, 2.05) is 24.5 Å². The molecule has 1 aromatic heterocycles. The average Bonchev–Trinajstić information content (AvgIpc) is 3.17. The SMILES string of the molecule is CC(=O)c1ccc(SCC(=O)Nc2cc(-n3cccc3)ccc2F)c(F)c1. The Bertz CT molecular complexity index is 988. The number of carbonyl (C=O) groups is 2. The Kier molecular flexibility index (Phi) is 5.71. The molecule has 2 aromatic carbocycles. The second kappa shape index (κ2) is 8.18. The van der Waals surface area contributed by atoms with Crippen molar-refractivity contribution in [1.29, 1.82) is 0 Å². The predicted octanol–water partition coefficient (Wildman–Crippen LogP) is 4.69. The number of Topliss-reactive ketones (excluding diaryl/α,β-unsaturated/α-hetero) is 1. The molecule has 1 amide bonds. The summed E-state index contributed by atoms with van der Waals surface area (Å²) in [4.78, 5) is 23.6. The maximum absolute atomic E-state index is 14.0. The van der Waals surface area contributed by atoms with E-state index in [4.69, 9.17) is 0 Å². The minimum absolute atomic E-state index is 0.0548. The summed E-state index contributed by atoms with van der Waals surface area (Å²) in [5, 5.41) is 2.51. The van der Waals surface area contributed by atoms with Gasteiger partial charge in [-0.15, -0.1) is 11.8 Å². The van der Waals surface area contributed by atoms with Crippen LogP contribution in [0.3, 0.4) is 0 Å². The van der Waals surface area contributed by atoms with E-state index in [2.05, 4.69) is 5.32 Å². The molecule has 138 valence electrons. The van der Waals surface area contributed by atoms with Gasteiger partial charge in [0.05, 0.1) is 11.4 Å². The maximum Gasteiger partial charge on any atom is 0.234 e. The summed E-state index contributed by atoms with van der Waals surface area (Å²) in [5.74, 6) is -1.91. The number of rotatable bonds is 6. The van der Waals surface area contributed by atoms with Gasteiger partial charge < -0.3 is 9.88 Å². The Labute approximate surface area is 159 Å². The smallest absolute Gasteiger partial charge is 0.234 e. The van der Waals surface area contributed by atoms with Gasteiger partial charge in [-0.25, -0.2) is 8.78 Å². The molecule has 0 aliphatic carbocycles. The molecule has 0 aliphatic heterocycles. The van der Waals surface area contributed by atoms with Crippen LogP contribution in [-0.2, 0) is 4.79 Å². The Morgan fingerprint density at radius 1 is 1.04 bits per heavy atom. The van der Waals surface area contributed by atoms with Crippen LogP contribution < -0.4 is 5.32 Å². The molecular weight excluding hydrogens is 370 g/mol. The number of anilines is 1. The molecule has 0 fully saturated rings. The first-order chi connectivity index (χ1) is 12.9. The molecule has 1 heterocycles. The van der Waals surface area contributed by atoms with E-state index in [1.54, 1.807) is 10.6 Å². The number of hydrogen-bond donors (Lipinski definition) is 1. The van der Waals surface area contributed by atoms with Crippen LogP contribution in [-0.4, -0.2) is 22.0 Å². The van der Waals surface area contributed by atoms with Crippen LogP contribution in [0.1, 0.15) is 17.3 Å². The van der Waals surface area contributed by atoms with Gasteiger partial charge in [0, 0.05) is 28.5 Å². The van der Waals surface area contributed by atoms with Gasteiger partial charge in [-0.05, 0) is 49.4 Å². The Morgan fingerprint density at radius 2 is 1.78 bits per heavy atom. The molecule has 7 heteroatoms. The largest absolute Gasteiger partial charge is 0.324 e. The van der Waals surface area contributed by atoms with Crippen LogP contribution in [0.4, 0.5) is 14.5 Å². The monoisotopic (exact) mass is 386 g/mol. The van der Waals surface area contributed by atoms with Gasteiger partial charge in [-0.3, -0.25) is 9.59 Å². The number of aromatic nitrogens is 1. The zero-order valence-corrected chi connectivity index (χ0v) is 15.2. The van der Waals surface area contributed by atoms with Gasteiger partial charge in [0.1, 0.15) is 11.6 Å². The summed E-state index contributed by atoms with van der Waals surface area (Å²) in [6.07, 6.45) is 3.62. The van der Waals surface area contributed by atoms with E-state index in [0.717, 1.165) is 17.8 Å². The molecule has 0 aliphatic rings. The van der Waals surface area contributed by atoms with Crippen molar-refractivity contribution in [3.05, 3.63) is 78.1 Å². The summed E-state index contributed by atoms with van der Waals surface area (Å²) in [7, 11) is 0. The highest BCUT2D eigenvalue weighted by atomic mass is 32.2. The van der Waals surface area contributed by atoms with Gasteiger partial charge >= 0.3 is 0 Å². The highest BCUT2D eigenvalue weighted by Crippen LogP contribution is 2.24. The van der Waals surface area contributed by atoms with Crippen molar-refractivity contribution in [2.45, 2.75) is 11.8 Å². The number of thioether (sulfide) groups is 1. The lowest BCUT2D eigenvalue weighted by atomic mass is 10.1. The second-order valence-electron chi connectivity index (χ2n) is 5.79. The lowest BCUT2D eigenvalue weighted by Gasteiger charge is -2.10. The van der Waals surface area contributed by atoms with Gasteiger partial charge in [0.25, 0.3) is 0 Å². The molecule has 0 atom stereocenters. The number of hydrogen-bond acceptors (Lipinski definition) is 3. The minimum Gasteiger partial charge on any atom is -0.324 e. The van der Waals surface area contributed by atoms with Crippen molar-refractivity contribution in [2.75, 3.05) is 11.1 Å². The molecular formula is C20H16F2N2O2S. The van der Waals surface area contributed by atoms with E-state index >= 15 is 0 Å². The predicted molar refractivity (Wildman–Crippen MR) is 101 cm³/mol. The second-order valence-corrected chi connectivity index (χ2v) is 6.81. The van der Waals surface area contributed by atoms with E-state index in [1.165, 1.54) is 31.2 Å². The fourth-order valence-corrected chi connectivity index (χ4v) is 3.16. The normalized spacial score (nSPS) is 10.6.